The SMILES string of the molecule is O=C1CC/C=C\[C@@H]2O[C@@]34C=CCN(Cc5ccccc5)C(=O)[C@@H]3N(CCCCCCO)C(=O)[C@H]4[C@@H]2C(=O)N[C@@H](c2ccccc2)CO1. The van der Waals surface area contributed by atoms with E-state index in [0.717, 1.165) is 24.0 Å². The summed E-state index contributed by atoms with van der Waals surface area (Å²) in [5, 5.41) is 12.3. The van der Waals surface area contributed by atoms with E-state index < -0.39 is 41.5 Å². The molecule has 47 heavy (non-hydrogen) atoms. The molecule has 10 nitrogen and oxygen atoms in total. The zero-order chi connectivity index (χ0) is 32.8. The quantitative estimate of drug-likeness (QED) is 0.244. The molecule has 0 bridgehead atoms. The highest BCUT2D eigenvalue weighted by Crippen LogP contribution is 2.53. The number of rotatable bonds is 9. The molecule has 2 aromatic rings. The van der Waals surface area contributed by atoms with Gasteiger partial charge in [0.25, 0.3) is 0 Å². The minimum atomic E-state index is -1.35. The van der Waals surface area contributed by atoms with Crippen LogP contribution in [0, 0.1) is 11.8 Å². The number of nitrogens with zero attached hydrogens (tertiary/aromatic N) is 2. The fraction of sp³-hybridized carbons (Fsp3) is 0.459. The summed E-state index contributed by atoms with van der Waals surface area (Å²) in [5.41, 5.74) is 0.394. The van der Waals surface area contributed by atoms with Crippen molar-refractivity contribution in [2.75, 3.05) is 26.3 Å². The van der Waals surface area contributed by atoms with E-state index >= 15 is 0 Å². The maximum atomic E-state index is 14.6. The molecule has 6 atom stereocenters. The summed E-state index contributed by atoms with van der Waals surface area (Å²) in [4.78, 5) is 59.4. The molecule has 4 heterocycles. The second-order valence-electron chi connectivity index (χ2n) is 12.7. The molecule has 0 radical (unpaired) electrons. The van der Waals surface area contributed by atoms with Gasteiger partial charge >= 0.3 is 5.97 Å². The van der Waals surface area contributed by atoms with E-state index in [-0.39, 0.29) is 37.4 Å². The van der Waals surface area contributed by atoms with Crippen LogP contribution in [0.1, 0.15) is 55.7 Å². The Hall–Kier alpha value is -4.28. The third-order valence-corrected chi connectivity index (χ3v) is 9.67. The van der Waals surface area contributed by atoms with Gasteiger partial charge in [-0.1, -0.05) is 97.8 Å². The Balaban J connectivity index is 1.37. The first-order valence-corrected chi connectivity index (χ1v) is 16.7. The van der Waals surface area contributed by atoms with E-state index in [1.54, 1.807) is 22.0 Å². The van der Waals surface area contributed by atoms with Gasteiger partial charge in [0.15, 0.2) is 0 Å². The number of ether oxygens (including phenoxy) is 2. The average molecular weight is 642 g/mol. The summed E-state index contributed by atoms with van der Waals surface area (Å²) in [6.07, 6.45) is 9.99. The normalized spacial score (nSPS) is 29.9. The molecule has 10 heteroatoms. The van der Waals surface area contributed by atoms with E-state index in [2.05, 4.69) is 5.32 Å². The summed E-state index contributed by atoms with van der Waals surface area (Å²) in [5.74, 6) is -3.10. The maximum Gasteiger partial charge on any atom is 0.306 e. The molecule has 6 rings (SSSR count). The summed E-state index contributed by atoms with van der Waals surface area (Å²) in [6, 6.07) is 17.4. The fourth-order valence-corrected chi connectivity index (χ4v) is 7.42. The van der Waals surface area contributed by atoms with Crippen LogP contribution in [0.25, 0.3) is 0 Å². The molecule has 0 aliphatic carbocycles. The molecule has 0 unspecified atom stereocenters. The van der Waals surface area contributed by atoms with Crippen LogP contribution in [0.15, 0.2) is 85.0 Å². The van der Waals surface area contributed by atoms with Crippen LogP contribution in [-0.4, -0.2) is 82.6 Å². The monoisotopic (exact) mass is 641 g/mol. The zero-order valence-electron chi connectivity index (χ0n) is 26.5. The molecular formula is C37H43N3O7. The van der Waals surface area contributed by atoms with Crippen molar-refractivity contribution in [2.45, 2.75) is 68.9 Å². The lowest BCUT2D eigenvalue weighted by molar-refractivity contribution is -0.148. The molecule has 4 aliphatic heterocycles. The van der Waals surface area contributed by atoms with Crippen LogP contribution < -0.4 is 5.32 Å². The number of allylic oxidation sites excluding steroid dienone is 1. The lowest BCUT2D eigenvalue weighted by Crippen LogP contribution is -2.55. The van der Waals surface area contributed by atoms with Crippen LogP contribution in [0.3, 0.4) is 0 Å². The highest BCUT2D eigenvalue weighted by Gasteiger charge is 2.71. The number of hydrogen-bond donors (Lipinski definition) is 2. The summed E-state index contributed by atoms with van der Waals surface area (Å²) < 4.78 is 12.4. The fourth-order valence-electron chi connectivity index (χ4n) is 7.42. The van der Waals surface area contributed by atoms with Gasteiger partial charge in [-0.15, -0.1) is 0 Å². The lowest BCUT2D eigenvalue weighted by atomic mass is 9.77. The van der Waals surface area contributed by atoms with Crippen LogP contribution in [-0.2, 0) is 35.2 Å². The summed E-state index contributed by atoms with van der Waals surface area (Å²) in [6.45, 7) is 1.12. The molecule has 248 valence electrons. The first-order chi connectivity index (χ1) is 22.9. The zero-order valence-corrected chi connectivity index (χ0v) is 26.5. The topological polar surface area (TPSA) is 125 Å². The second kappa shape index (κ2) is 14.6. The molecule has 2 fully saturated rings. The molecular weight excluding hydrogens is 598 g/mol. The van der Waals surface area contributed by atoms with Crippen molar-refractivity contribution in [3.63, 3.8) is 0 Å². The number of benzene rings is 2. The van der Waals surface area contributed by atoms with E-state index in [0.29, 0.717) is 38.9 Å². The molecule has 2 saturated heterocycles. The minimum absolute atomic E-state index is 0.0459. The Morgan fingerprint density at radius 2 is 1.64 bits per heavy atom. The highest BCUT2D eigenvalue weighted by molar-refractivity contribution is 5.99. The number of hydrogen-bond acceptors (Lipinski definition) is 7. The first kappa shape index (κ1) is 32.7. The number of carbonyl (C=O) groups excluding carboxylic acids is 4. The van der Waals surface area contributed by atoms with Crippen molar-refractivity contribution < 1.29 is 33.8 Å². The Labute approximate surface area is 275 Å². The van der Waals surface area contributed by atoms with Crippen molar-refractivity contribution in [3.8, 4) is 0 Å². The van der Waals surface area contributed by atoms with Crippen molar-refractivity contribution in [1.82, 2.24) is 15.1 Å². The van der Waals surface area contributed by atoms with Crippen molar-refractivity contribution in [2.24, 2.45) is 11.8 Å². The maximum absolute atomic E-state index is 14.6. The molecule has 0 saturated carbocycles. The van der Waals surface area contributed by atoms with Crippen LogP contribution >= 0.6 is 0 Å². The second-order valence-corrected chi connectivity index (χ2v) is 12.7. The molecule has 2 aromatic carbocycles. The predicted octanol–water partition coefficient (Wildman–Crippen LogP) is 3.47. The molecule has 2 N–H and O–H groups in total. The smallest absolute Gasteiger partial charge is 0.306 e. The van der Waals surface area contributed by atoms with E-state index in [1.807, 2.05) is 72.8 Å². The van der Waals surface area contributed by atoms with Gasteiger partial charge in [0.05, 0.1) is 24.0 Å². The standard InChI is InChI=1S/C37H43N3O7/c41-23-12-2-1-11-22-40-33-36(45)39(24-26-14-5-3-6-15-26)21-13-20-37(33)32(35(40)44)31-29(47-37)18-9-10-19-30(42)46-25-28(38-34(31)43)27-16-7-4-8-17-27/h3-9,13-18,20,28-29,31-33,41H,1-2,10-12,19,21-25H2,(H,38,43)/b18-9-/t28-,29+,31-,32-,33+,37-/m1/s1. The van der Waals surface area contributed by atoms with E-state index in [9.17, 15) is 24.3 Å². The van der Waals surface area contributed by atoms with E-state index in [4.69, 9.17) is 9.47 Å². The number of fused-ring (bicyclic) bond motifs is 2. The van der Waals surface area contributed by atoms with Crippen LogP contribution in [0.4, 0.5) is 0 Å². The summed E-state index contributed by atoms with van der Waals surface area (Å²) >= 11 is 0. The number of amides is 3. The number of unbranched alkanes of at least 4 members (excludes halogenated alkanes) is 3. The van der Waals surface area contributed by atoms with Gasteiger partial charge in [-0.05, 0) is 30.4 Å². The lowest BCUT2D eigenvalue weighted by Gasteiger charge is -2.35. The van der Waals surface area contributed by atoms with E-state index in [1.165, 1.54) is 0 Å². The largest absolute Gasteiger partial charge is 0.463 e. The highest BCUT2D eigenvalue weighted by atomic mass is 16.5. The number of esters is 1. The number of cyclic esters (lactones) is 1. The number of aliphatic hydroxyl groups is 1. The predicted molar refractivity (Wildman–Crippen MR) is 173 cm³/mol. The number of aliphatic hydroxyl groups excluding tert-OH is 1. The Morgan fingerprint density at radius 1 is 0.894 bits per heavy atom. The minimum Gasteiger partial charge on any atom is -0.463 e. The van der Waals surface area contributed by atoms with Crippen LogP contribution in [0.2, 0.25) is 0 Å². The van der Waals surface area contributed by atoms with Gasteiger partial charge in [-0.2, -0.15) is 0 Å². The van der Waals surface area contributed by atoms with Crippen molar-refractivity contribution in [3.05, 3.63) is 96.1 Å². The van der Waals surface area contributed by atoms with Crippen LogP contribution in [0.5, 0.6) is 0 Å². The Bertz CT molecular complexity index is 1500. The van der Waals surface area contributed by atoms with Gasteiger partial charge in [-0.3, -0.25) is 19.2 Å². The number of nitrogens with one attached hydrogen (secondary N) is 1. The Morgan fingerprint density at radius 3 is 2.40 bits per heavy atom. The number of carbonyl (C=O) groups is 4. The molecule has 4 aliphatic rings. The molecule has 3 amide bonds. The van der Waals surface area contributed by atoms with Gasteiger partial charge < -0.3 is 29.7 Å². The van der Waals surface area contributed by atoms with Crippen molar-refractivity contribution in [1.29, 1.82) is 0 Å². The van der Waals surface area contributed by atoms with Gasteiger partial charge in [0.2, 0.25) is 17.7 Å². The Kier molecular flexibility index (Phi) is 10.2. The first-order valence-electron chi connectivity index (χ1n) is 16.7. The summed E-state index contributed by atoms with van der Waals surface area (Å²) in [7, 11) is 0. The van der Waals surface area contributed by atoms with Gasteiger partial charge in [0, 0.05) is 32.7 Å². The van der Waals surface area contributed by atoms with Gasteiger partial charge in [0.1, 0.15) is 18.2 Å². The third kappa shape index (κ3) is 6.75. The molecule has 1 spiro atoms. The third-order valence-electron chi connectivity index (χ3n) is 9.67. The molecule has 0 aromatic heterocycles. The van der Waals surface area contributed by atoms with Crippen molar-refractivity contribution >= 4 is 23.7 Å². The number of likely N-dealkylation sites (tertiary alicyclic amines) is 1. The average Bonchev–Trinajstić information content (AvgIpc) is 3.47. The van der Waals surface area contributed by atoms with Gasteiger partial charge in [-0.25, -0.2) is 0 Å².